The Morgan fingerprint density at radius 1 is 1.25 bits per heavy atom. The second-order valence-electron chi connectivity index (χ2n) is 4.58. The minimum absolute atomic E-state index is 0.173. The minimum atomic E-state index is 0.173. The highest BCUT2D eigenvalue weighted by Crippen LogP contribution is 2.29. The van der Waals surface area contributed by atoms with E-state index >= 15 is 0 Å². The molecule has 0 bridgehead atoms. The molecule has 0 aliphatic carbocycles. The molecule has 6 nitrogen and oxygen atoms in total. The highest BCUT2D eigenvalue weighted by molar-refractivity contribution is 5.43. The maximum Gasteiger partial charge on any atom is 0.161 e. The molecule has 6 heteroatoms. The lowest BCUT2D eigenvalue weighted by atomic mass is 10.1. The molecule has 108 valence electrons. The van der Waals surface area contributed by atoms with Gasteiger partial charge in [0.15, 0.2) is 11.5 Å². The fourth-order valence-electron chi connectivity index (χ4n) is 1.95. The Morgan fingerprint density at radius 3 is 2.60 bits per heavy atom. The zero-order valence-corrected chi connectivity index (χ0v) is 12.3. The van der Waals surface area contributed by atoms with Crippen molar-refractivity contribution in [1.29, 1.82) is 0 Å². The van der Waals surface area contributed by atoms with Crippen LogP contribution in [-0.4, -0.2) is 29.0 Å². The molecule has 1 atom stereocenters. The van der Waals surface area contributed by atoms with Crippen molar-refractivity contribution in [2.45, 2.75) is 19.5 Å². The lowest BCUT2D eigenvalue weighted by Crippen LogP contribution is -2.20. The number of hydrogen-bond donors (Lipinski definition) is 1. The van der Waals surface area contributed by atoms with Crippen molar-refractivity contribution in [3.05, 3.63) is 35.9 Å². The third kappa shape index (κ3) is 3.08. The topological polar surface area (TPSA) is 61.2 Å². The Balaban J connectivity index is 2.05. The summed E-state index contributed by atoms with van der Waals surface area (Å²) in [5.41, 5.74) is 1.13. The Kier molecular flexibility index (Phi) is 4.57. The van der Waals surface area contributed by atoms with Crippen LogP contribution in [0.5, 0.6) is 11.5 Å². The number of ether oxygens (including phenoxy) is 2. The van der Waals surface area contributed by atoms with Gasteiger partial charge in [-0.05, 0) is 24.6 Å². The Hall–Kier alpha value is -2.08. The maximum atomic E-state index is 5.32. The number of aromatic nitrogens is 3. The lowest BCUT2D eigenvalue weighted by molar-refractivity contribution is 0.354. The van der Waals surface area contributed by atoms with Gasteiger partial charge < -0.3 is 19.4 Å². The lowest BCUT2D eigenvalue weighted by Gasteiger charge is -2.16. The molecule has 1 aromatic carbocycles. The quantitative estimate of drug-likeness (QED) is 0.870. The number of nitrogens with zero attached hydrogens (tertiary/aromatic N) is 3. The molecule has 0 radical (unpaired) electrons. The molecule has 20 heavy (non-hydrogen) atoms. The molecule has 0 saturated heterocycles. The van der Waals surface area contributed by atoms with Gasteiger partial charge in [-0.2, -0.15) is 0 Å². The van der Waals surface area contributed by atoms with E-state index in [4.69, 9.17) is 9.47 Å². The van der Waals surface area contributed by atoms with Crippen LogP contribution in [0.4, 0.5) is 0 Å². The number of benzene rings is 1. The first-order valence-electron chi connectivity index (χ1n) is 6.44. The number of rotatable bonds is 6. The molecule has 1 unspecified atom stereocenters. The molecule has 0 amide bonds. The summed E-state index contributed by atoms with van der Waals surface area (Å²) in [6.45, 7) is 2.75. The third-order valence-corrected chi connectivity index (χ3v) is 3.28. The first-order chi connectivity index (χ1) is 9.65. The van der Waals surface area contributed by atoms with Gasteiger partial charge >= 0.3 is 0 Å². The van der Waals surface area contributed by atoms with E-state index in [2.05, 4.69) is 22.4 Å². The van der Waals surface area contributed by atoms with Crippen LogP contribution in [-0.2, 0) is 13.6 Å². The van der Waals surface area contributed by atoms with Crippen molar-refractivity contribution in [3.8, 4) is 11.5 Å². The first kappa shape index (κ1) is 14.3. The summed E-state index contributed by atoms with van der Waals surface area (Å²) < 4.78 is 12.5. The van der Waals surface area contributed by atoms with Crippen LogP contribution in [0, 0.1) is 0 Å². The highest BCUT2D eigenvalue weighted by atomic mass is 16.5. The van der Waals surface area contributed by atoms with Crippen LogP contribution in [0.3, 0.4) is 0 Å². The number of hydrogen-bond acceptors (Lipinski definition) is 5. The van der Waals surface area contributed by atoms with Gasteiger partial charge in [0.25, 0.3) is 0 Å². The fraction of sp³-hybridized carbons (Fsp3) is 0.429. The van der Waals surface area contributed by atoms with Crippen LogP contribution in [0.15, 0.2) is 24.5 Å². The standard InChI is InChI=1S/C14H20N4O2/c1-10(15-8-14-17-16-9-18(14)2)11-5-6-12(19-3)13(7-11)20-4/h5-7,9-10,15H,8H2,1-4H3. The second-order valence-corrected chi connectivity index (χ2v) is 4.58. The number of nitrogens with one attached hydrogen (secondary N) is 1. The van der Waals surface area contributed by atoms with Gasteiger partial charge in [0.2, 0.25) is 0 Å². The molecule has 0 aliphatic heterocycles. The fourth-order valence-corrected chi connectivity index (χ4v) is 1.95. The van der Waals surface area contributed by atoms with E-state index in [0.717, 1.165) is 22.9 Å². The van der Waals surface area contributed by atoms with Crippen molar-refractivity contribution in [2.24, 2.45) is 7.05 Å². The van der Waals surface area contributed by atoms with Crippen LogP contribution in [0.1, 0.15) is 24.4 Å². The molecule has 0 aliphatic rings. The monoisotopic (exact) mass is 276 g/mol. The van der Waals surface area contributed by atoms with Gasteiger partial charge in [-0.1, -0.05) is 6.07 Å². The van der Waals surface area contributed by atoms with E-state index in [-0.39, 0.29) is 6.04 Å². The number of methoxy groups -OCH3 is 2. The predicted molar refractivity (Wildman–Crippen MR) is 75.8 cm³/mol. The van der Waals surface area contributed by atoms with Gasteiger partial charge in [-0.25, -0.2) is 0 Å². The zero-order chi connectivity index (χ0) is 14.5. The highest BCUT2D eigenvalue weighted by Gasteiger charge is 2.11. The van der Waals surface area contributed by atoms with Crippen LogP contribution in [0.25, 0.3) is 0 Å². The molecular formula is C14H20N4O2. The van der Waals surface area contributed by atoms with E-state index in [1.165, 1.54) is 0 Å². The van der Waals surface area contributed by atoms with E-state index < -0.39 is 0 Å². The molecule has 0 fully saturated rings. The van der Waals surface area contributed by atoms with Crippen molar-refractivity contribution in [3.63, 3.8) is 0 Å². The van der Waals surface area contributed by atoms with Crippen molar-refractivity contribution in [2.75, 3.05) is 14.2 Å². The van der Waals surface area contributed by atoms with Gasteiger partial charge in [-0.3, -0.25) is 0 Å². The largest absolute Gasteiger partial charge is 0.493 e. The van der Waals surface area contributed by atoms with E-state index in [9.17, 15) is 0 Å². The Labute approximate surface area is 118 Å². The molecule has 2 rings (SSSR count). The molecule has 0 saturated carbocycles. The SMILES string of the molecule is COc1ccc(C(C)NCc2nncn2C)cc1OC. The van der Waals surface area contributed by atoms with Gasteiger partial charge in [-0.15, -0.1) is 10.2 Å². The summed E-state index contributed by atoms with van der Waals surface area (Å²) in [6, 6.07) is 6.09. The Morgan fingerprint density at radius 2 is 2.00 bits per heavy atom. The summed E-state index contributed by atoms with van der Waals surface area (Å²) in [5, 5.41) is 11.3. The summed E-state index contributed by atoms with van der Waals surface area (Å²) in [7, 11) is 5.20. The summed E-state index contributed by atoms with van der Waals surface area (Å²) in [6.07, 6.45) is 1.69. The summed E-state index contributed by atoms with van der Waals surface area (Å²) >= 11 is 0. The second kappa shape index (κ2) is 6.38. The van der Waals surface area contributed by atoms with E-state index in [1.807, 2.05) is 29.8 Å². The van der Waals surface area contributed by atoms with Crippen LogP contribution < -0.4 is 14.8 Å². The predicted octanol–water partition coefficient (Wildman–Crippen LogP) is 1.68. The molecule has 1 N–H and O–H groups in total. The molecular weight excluding hydrogens is 256 g/mol. The normalized spacial score (nSPS) is 12.2. The van der Waals surface area contributed by atoms with Crippen molar-refractivity contribution in [1.82, 2.24) is 20.1 Å². The average molecular weight is 276 g/mol. The Bertz CT molecular complexity index is 568. The van der Waals surface area contributed by atoms with Gasteiger partial charge in [0.05, 0.1) is 20.8 Å². The van der Waals surface area contributed by atoms with Crippen molar-refractivity contribution < 1.29 is 9.47 Å². The third-order valence-electron chi connectivity index (χ3n) is 3.28. The summed E-state index contributed by atoms with van der Waals surface area (Å²) in [5.74, 6) is 2.37. The van der Waals surface area contributed by atoms with Crippen molar-refractivity contribution >= 4 is 0 Å². The summed E-state index contributed by atoms with van der Waals surface area (Å²) in [4.78, 5) is 0. The molecule has 1 heterocycles. The van der Waals surface area contributed by atoms with Gasteiger partial charge in [0.1, 0.15) is 12.2 Å². The van der Waals surface area contributed by atoms with Crippen LogP contribution >= 0.6 is 0 Å². The van der Waals surface area contributed by atoms with Gasteiger partial charge in [0, 0.05) is 13.1 Å². The van der Waals surface area contributed by atoms with Crippen LogP contribution in [0.2, 0.25) is 0 Å². The number of aryl methyl sites for hydroxylation is 1. The zero-order valence-electron chi connectivity index (χ0n) is 12.3. The molecule has 1 aromatic heterocycles. The molecule has 2 aromatic rings. The van der Waals surface area contributed by atoms with E-state index in [1.54, 1.807) is 20.5 Å². The average Bonchev–Trinajstić information content (AvgIpc) is 2.89. The first-order valence-corrected chi connectivity index (χ1v) is 6.44. The molecule has 0 spiro atoms. The maximum absolute atomic E-state index is 5.32. The minimum Gasteiger partial charge on any atom is -0.493 e. The van der Waals surface area contributed by atoms with E-state index in [0.29, 0.717) is 6.54 Å². The smallest absolute Gasteiger partial charge is 0.161 e.